The first-order valence-electron chi connectivity index (χ1n) is 8.77. The van der Waals surface area contributed by atoms with Crippen molar-refractivity contribution in [1.29, 1.82) is 0 Å². The minimum Gasteiger partial charge on any atom is -0.444 e. The van der Waals surface area contributed by atoms with Crippen LogP contribution in [0.1, 0.15) is 40.2 Å². The molecule has 26 heavy (non-hydrogen) atoms. The van der Waals surface area contributed by atoms with E-state index < -0.39 is 11.7 Å². The fourth-order valence-corrected chi connectivity index (χ4v) is 3.04. The van der Waals surface area contributed by atoms with E-state index in [-0.39, 0.29) is 12.0 Å². The van der Waals surface area contributed by atoms with E-state index in [1.165, 1.54) is 0 Å². The number of hydrogen-bond acceptors (Lipinski definition) is 3. The van der Waals surface area contributed by atoms with Gasteiger partial charge in [0.1, 0.15) is 5.60 Å². The summed E-state index contributed by atoms with van der Waals surface area (Å²) in [7, 11) is 0. The molecule has 1 aromatic carbocycles. The molecular formula is C21H30INO3. The number of carbonyl (C=O) groups is 1. The van der Waals surface area contributed by atoms with Crippen LogP contribution < -0.4 is 5.32 Å². The molecule has 1 aromatic rings. The molecule has 1 amide bonds. The molecule has 0 heterocycles. The minimum absolute atomic E-state index is 0.142. The highest BCUT2D eigenvalue weighted by molar-refractivity contribution is 14.1. The van der Waals surface area contributed by atoms with Crippen LogP contribution in [0.3, 0.4) is 0 Å². The number of amides is 1. The lowest BCUT2D eigenvalue weighted by Gasteiger charge is -2.27. The summed E-state index contributed by atoms with van der Waals surface area (Å²) >= 11 is 2.19. The predicted octanol–water partition coefficient (Wildman–Crippen LogP) is 5.63. The Labute approximate surface area is 171 Å². The summed E-state index contributed by atoms with van der Waals surface area (Å²) in [6.45, 7) is 10.7. The molecule has 1 N–H and O–H groups in total. The van der Waals surface area contributed by atoms with Gasteiger partial charge in [0.15, 0.2) is 0 Å². The maximum atomic E-state index is 12.2. The van der Waals surface area contributed by atoms with Gasteiger partial charge in [-0.3, -0.25) is 0 Å². The smallest absolute Gasteiger partial charge is 0.408 e. The number of alkyl carbamates (subject to hydrolysis) is 1. The monoisotopic (exact) mass is 471 g/mol. The van der Waals surface area contributed by atoms with Gasteiger partial charge in [0.25, 0.3) is 0 Å². The Morgan fingerprint density at radius 2 is 1.92 bits per heavy atom. The summed E-state index contributed by atoms with van der Waals surface area (Å²) in [5.41, 5.74) is 1.67. The summed E-state index contributed by atoms with van der Waals surface area (Å²) in [6, 6.07) is 9.92. The second-order valence-electron chi connectivity index (χ2n) is 7.25. The molecule has 0 aromatic heterocycles. The molecule has 144 valence electrons. The first-order valence-corrected chi connectivity index (χ1v) is 10.0. The van der Waals surface area contributed by atoms with Crippen LogP contribution in [0.2, 0.25) is 0 Å². The third-order valence-corrected chi connectivity index (χ3v) is 4.11. The molecule has 4 nitrogen and oxygen atoms in total. The number of benzene rings is 1. The van der Waals surface area contributed by atoms with Crippen molar-refractivity contribution in [1.82, 2.24) is 5.32 Å². The van der Waals surface area contributed by atoms with Crippen LogP contribution in [0.15, 0.2) is 52.1 Å². The Bertz CT molecular complexity index is 605. The Morgan fingerprint density at radius 3 is 2.50 bits per heavy atom. The zero-order valence-corrected chi connectivity index (χ0v) is 18.4. The standard InChI is InChI=1S/C21H30INO3/c1-16(11-13-22)19(23-20(24)26-21(3,4)5)17(2)12-14-25-15-18-9-7-6-8-10-18/h6-13,16,19H,14-15H2,1-5H3,(H,23,24)/t16-,19-/m0/s1. The Kier molecular flexibility index (Phi) is 9.94. The van der Waals surface area contributed by atoms with Crippen molar-refractivity contribution in [3.8, 4) is 0 Å². The first-order chi connectivity index (χ1) is 12.2. The molecule has 0 unspecified atom stereocenters. The molecule has 0 saturated carbocycles. The van der Waals surface area contributed by atoms with Gasteiger partial charge < -0.3 is 14.8 Å². The Balaban J connectivity index is 2.67. The highest BCUT2D eigenvalue weighted by Gasteiger charge is 2.23. The van der Waals surface area contributed by atoms with Gasteiger partial charge in [-0.15, -0.1) is 0 Å². The van der Waals surface area contributed by atoms with Crippen LogP contribution in [0.5, 0.6) is 0 Å². The van der Waals surface area contributed by atoms with Crippen LogP contribution in [0.25, 0.3) is 0 Å². The first kappa shape index (κ1) is 22.7. The summed E-state index contributed by atoms with van der Waals surface area (Å²) in [4.78, 5) is 12.2. The van der Waals surface area contributed by atoms with Gasteiger partial charge in [0.2, 0.25) is 0 Å². The third-order valence-electron chi connectivity index (χ3n) is 3.70. The highest BCUT2D eigenvalue weighted by Crippen LogP contribution is 2.16. The number of nitrogens with one attached hydrogen (secondary N) is 1. The summed E-state index contributed by atoms with van der Waals surface area (Å²) in [5, 5.41) is 2.98. The van der Waals surface area contributed by atoms with E-state index >= 15 is 0 Å². The number of ether oxygens (including phenoxy) is 2. The van der Waals surface area contributed by atoms with E-state index in [1.807, 2.05) is 68.2 Å². The van der Waals surface area contributed by atoms with Crippen molar-refractivity contribution >= 4 is 28.7 Å². The van der Waals surface area contributed by atoms with Gasteiger partial charge in [-0.2, -0.15) is 0 Å². The van der Waals surface area contributed by atoms with Crippen molar-refractivity contribution in [2.45, 2.75) is 52.9 Å². The van der Waals surface area contributed by atoms with Crippen molar-refractivity contribution in [3.05, 3.63) is 57.7 Å². The lowest BCUT2D eigenvalue weighted by molar-refractivity contribution is 0.0503. The summed E-state index contributed by atoms with van der Waals surface area (Å²) in [6.07, 6.45) is 3.67. The zero-order valence-electron chi connectivity index (χ0n) is 16.3. The van der Waals surface area contributed by atoms with Crippen LogP contribution in [0, 0.1) is 5.92 Å². The minimum atomic E-state index is -0.520. The van der Waals surface area contributed by atoms with Gasteiger partial charge in [-0.25, -0.2) is 4.79 Å². The average Bonchev–Trinajstić information content (AvgIpc) is 2.56. The molecule has 0 aliphatic heterocycles. The molecule has 0 bridgehead atoms. The number of halogens is 1. The third kappa shape index (κ3) is 9.38. The van der Waals surface area contributed by atoms with Crippen molar-refractivity contribution in [3.63, 3.8) is 0 Å². The van der Waals surface area contributed by atoms with E-state index in [1.54, 1.807) is 0 Å². The number of carbonyl (C=O) groups excluding carboxylic acids is 1. The Hall–Kier alpha value is -1.34. The molecule has 0 aliphatic rings. The van der Waals surface area contributed by atoms with Gasteiger partial charge >= 0.3 is 6.09 Å². The molecule has 1 rings (SSSR count). The topological polar surface area (TPSA) is 47.6 Å². The molecule has 0 spiro atoms. The zero-order chi connectivity index (χ0) is 19.6. The van der Waals surface area contributed by atoms with Crippen molar-refractivity contribution < 1.29 is 14.3 Å². The lowest BCUT2D eigenvalue weighted by atomic mass is 9.95. The van der Waals surface area contributed by atoms with Crippen LogP contribution in [-0.4, -0.2) is 24.3 Å². The predicted molar refractivity (Wildman–Crippen MR) is 115 cm³/mol. The SMILES string of the molecule is CC(=CCOCc1ccccc1)[C@@H](NC(=O)OC(C)(C)C)[C@@H](C)C=CI. The quantitative estimate of drug-likeness (QED) is 0.304. The molecule has 5 heteroatoms. The summed E-state index contributed by atoms with van der Waals surface area (Å²) < 4.78 is 13.1. The number of hydrogen-bond donors (Lipinski definition) is 1. The van der Waals surface area contributed by atoms with E-state index in [0.29, 0.717) is 13.2 Å². The maximum absolute atomic E-state index is 12.2. The number of rotatable bonds is 8. The van der Waals surface area contributed by atoms with E-state index in [0.717, 1.165) is 11.1 Å². The molecule has 2 atom stereocenters. The molecule has 0 aliphatic carbocycles. The van der Waals surface area contributed by atoms with Gasteiger partial charge in [0.05, 0.1) is 19.3 Å². The van der Waals surface area contributed by atoms with E-state index in [9.17, 15) is 4.79 Å². The molecule has 0 radical (unpaired) electrons. The van der Waals surface area contributed by atoms with Crippen molar-refractivity contribution in [2.24, 2.45) is 5.92 Å². The highest BCUT2D eigenvalue weighted by atomic mass is 127. The normalized spacial score (nSPS) is 14.9. The summed E-state index contributed by atoms with van der Waals surface area (Å²) in [5.74, 6) is 0.143. The fraction of sp³-hybridized carbons (Fsp3) is 0.476. The van der Waals surface area contributed by atoms with Crippen LogP contribution in [-0.2, 0) is 16.1 Å². The fourth-order valence-electron chi connectivity index (χ4n) is 2.39. The van der Waals surface area contributed by atoms with E-state index in [4.69, 9.17) is 9.47 Å². The van der Waals surface area contributed by atoms with Crippen LogP contribution in [0.4, 0.5) is 4.79 Å². The second kappa shape index (κ2) is 11.4. The van der Waals surface area contributed by atoms with Gasteiger partial charge in [-0.05, 0) is 43.3 Å². The maximum Gasteiger partial charge on any atom is 0.408 e. The molecular weight excluding hydrogens is 441 g/mol. The largest absolute Gasteiger partial charge is 0.444 e. The second-order valence-corrected chi connectivity index (χ2v) is 7.97. The van der Waals surface area contributed by atoms with Gasteiger partial charge in [0, 0.05) is 0 Å². The Morgan fingerprint density at radius 1 is 1.27 bits per heavy atom. The van der Waals surface area contributed by atoms with Crippen molar-refractivity contribution in [2.75, 3.05) is 6.61 Å². The van der Waals surface area contributed by atoms with E-state index in [2.05, 4.69) is 40.9 Å². The average molecular weight is 471 g/mol. The lowest BCUT2D eigenvalue weighted by Crippen LogP contribution is -2.42. The molecule has 0 fully saturated rings. The van der Waals surface area contributed by atoms with Gasteiger partial charge in [-0.1, -0.05) is 77.6 Å². The molecule has 0 saturated heterocycles. The van der Waals surface area contributed by atoms with Crippen LogP contribution >= 0.6 is 22.6 Å².